The van der Waals surface area contributed by atoms with Gasteiger partial charge in [-0.3, -0.25) is 9.69 Å². The van der Waals surface area contributed by atoms with Gasteiger partial charge in [-0.2, -0.15) is 0 Å². The molecule has 0 spiro atoms. The maximum atomic E-state index is 13.5. The Hall–Kier alpha value is -4.04. The Morgan fingerprint density at radius 2 is 1.82 bits per heavy atom. The number of aromatic hydroxyl groups is 1. The average Bonchev–Trinajstić information content (AvgIpc) is 3.52. The smallest absolute Gasteiger partial charge is 0.294 e. The monoisotopic (exact) mass is 500 g/mol. The van der Waals surface area contributed by atoms with E-state index in [0.717, 1.165) is 33.1 Å². The lowest BCUT2D eigenvalue weighted by molar-refractivity contribution is -0.117. The van der Waals surface area contributed by atoms with Crippen molar-refractivity contribution >= 4 is 55.0 Å². The first-order valence-electron chi connectivity index (χ1n) is 10.3. The van der Waals surface area contributed by atoms with Crippen LogP contribution in [0.15, 0.2) is 83.4 Å². The highest BCUT2D eigenvalue weighted by atomic mass is 79.9. The van der Waals surface area contributed by atoms with E-state index >= 15 is 0 Å². The highest BCUT2D eigenvalue weighted by molar-refractivity contribution is 9.10. The van der Waals surface area contributed by atoms with E-state index in [1.807, 2.05) is 48.7 Å². The lowest BCUT2D eigenvalue weighted by Crippen LogP contribution is -2.30. The molecule has 3 aromatic carbocycles. The molecule has 7 nitrogen and oxygen atoms in total. The largest absolute Gasteiger partial charge is 0.507 e. The Bertz CT molecular complexity index is 1600. The number of H-pyrrole nitrogens is 2. The number of fused-ring (bicyclic) bond motifs is 2. The minimum absolute atomic E-state index is 0.0929. The van der Waals surface area contributed by atoms with Crippen LogP contribution in [0.5, 0.6) is 5.75 Å². The second-order valence-electron chi connectivity index (χ2n) is 7.90. The first kappa shape index (κ1) is 19.6. The number of imidazole rings is 1. The van der Waals surface area contributed by atoms with Gasteiger partial charge in [-0.1, -0.05) is 24.3 Å². The fourth-order valence-electron chi connectivity index (χ4n) is 4.52. The number of anilines is 1. The van der Waals surface area contributed by atoms with Crippen LogP contribution in [0, 0.1) is 0 Å². The third-order valence-corrected chi connectivity index (χ3v) is 6.69. The Morgan fingerprint density at radius 3 is 2.67 bits per heavy atom. The molecule has 0 radical (unpaired) electrons. The molecule has 1 atom stereocenters. The standard InChI is InChI=1S/C25H17BrN4O3/c26-17-9-13(5-8-21(17)31)23-22(16-11-27-18-4-2-1-3-15(16)18)24(32)25(33)30(23)14-6-7-19-20(10-14)29-12-28-19/h1-12,23,27,31-32H,(H,28,29). The van der Waals surface area contributed by atoms with Gasteiger partial charge >= 0.3 is 0 Å². The number of rotatable bonds is 3. The van der Waals surface area contributed by atoms with Crippen LogP contribution in [-0.2, 0) is 4.79 Å². The van der Waals surface area contributed by atoms with Gasteiger partial charge in [0.1, 0.15) is 5.75 Å². The lowest BCUT2D eigenvalue weighted by atomic mass is 9.93. The zero-order chi connectivity index (χ0) is 22.7. The van der Waals surface area contributed by atoms with Gasteiger partial charge in [0.15, 0.2) is 5.76 Å². The molecule has 0 saturated carbocycles. The van der Waals surface area contributed by atoms with Gasteiger partial charge in [0.05, 0.1) is 27.9 Å². The highest BCUT2D eigenvalue weighted by Crippen LogP contribution is 2.48. The van der Waals surface area contributed by atoms with E-state index < -0.39 is 11.9 Å². The molecule has 1 unspecified atom stereocenters. The fraction of sp³-hybridized carbons (Fsp3) is 0.0400. The molecular formula is C25H17BrN4O3. The van der Waals surface area contributed by atoms with E-state index in [1.165, 1.54) is 0 Å². The molecular weight excluding hydrogens is 484 g/mol. The minimum atomic E-state index is -0.617. The highest BCUT2D eigenvalue weighted by Gasteiger charge is 2.43. The quantitative estimate of drug-likeness (QED) is 0.260. The Labute approximate surface area is 196 Å². The van der Waals surface area contributed by atoms with Crippen molar-refractivity contribution < 1.29 is 15.0 Å². The summed E-state index contributed by atoms with van der Waals surface area (Å²) >= 11 is 3.38. The second kappa shape index (κ2) is 7.25. The maximum Gasteiger partial charge on any atom is 0.294 e. The summed E-state index contributed by atoms with van der Waals surface area (Å²) in [5.74, 6) is -0.711. The van der Waals surface area contributed by atoms with Crippen LogP contribution in [0.2, 0.25) is 0 Å². The normalized spacial score (nSPS) is 16.5. The number of aromatic amines is 2. The number of hydrogen-bond donors (Lipinski definition) is 4. The number of carbonyl (C=O) groups excluding carboxylic acids is 1. The van der Waals surface area contributed by atoms with E-state index in [1.54, 1.807) is 29.4 Å². The lowest BCUT2D eigenvalue weighted by Gasteiger charge is -2.27. The topological polar surface area (TPSA) is 105 Å². The number of phenolic OH excluding ortho intramolecular Hbond substituents is 1. The number of carbonyl (C=O) groups is 1. The van der Waals surface area contributed by atoms with E-state index in [4.69, 9.17) is 0 Å². The molecule has 0 saturated heterocycles. The number of amides is 1. The first-order chi connectivity index (χ1) is 16.0. The van der Waals surface area contributed by atoms with Crippen molar-refractivity contribution in [1.82, 2.24) is 15.0 Å². The molecule has 6 rings (SSSR count). The number of halogens is 1. The number of nitrogens with one attached hydrogen (secondary N) is 2. The number of benzene rings is 3. The molecule has 0 bridgehead atoms. The Balaban J connectivity index is 1.60. The molecule has 5 aromatic rings. The third kappa shape index (κ3) is 2.95. The minimum Gasteiger partial charge on any atom is -0.507 e. The zero-order valence-corrected chi connectivity index (χ0v) is 18.7. The molecule has 33 heavy (non-hydrogen) atoms. The molecule has 0 aliphatic carbocycles. The number of aliphatic hydroxyl groups excluding tert-OH is 1. The SMILES string of the molecule is O=C1C(O)=C(c2c[nH]c3ccccc23)C(c2ccc(O)c(Br)c2)N1c1ccc2nc[nH]c2c1. The maximum absolute atomic E-state index is 13.5. The summed E-state index contributed by atoms with van der Waals surface area (Å²) in [5, 5.41) is 22.1. The van der Waals surface area contributed by atoms with Gasteiger partial charge in [0.2, 0.25) is 0 Å². The number of para-hydroxylation sites is 1. The van der Waals surface area contributed by atoms with Gasteiger partial charge in [-0.25, -0.2) is 4.98 Å². The van der Waals surface area contributed by atoms with Gasteiger partial charge in [-0.05, 0) is 57.9 Å². The van der Waals surface area contributed by atoms with Crippen molar-refractivity contribution in [3.8, 4) is 5.75 Å². The number of aromatic nitrogens is 3. The van der Waals surface area contributed by atoms with Crippen LogP contribution < -0.4 is 4.90 Å². The first-order valence-corrected chi connectivity index (χ1v) is 11.1. The summed E-state index contributed by atoms with van der Waals surface area (Å²) < 4.78 is 0.501. The van der Waals surface area contributed by atoms with Crippen LogP contribution >= 0.6 is 15.9 Å². The van der Waals surface area contributed by atoms with E-state index in [0.29, 0.717) is 15.7 Å². The van der Waals surface area contributed by atoms with Crippen LogP contribution in [0.25, 0.3) is 27.5 Å². The van der Waals surface area contributed by atoms with Crippen LogP contribution in [-0.4, -0.2) is 31.1 Å². The average molecular weight is 501 g/mol. The van der Waals surface area contributed by atoms with E-state index in [2.05, 4.69) is 30.9 Å². The van der Waals surface area contributed by atoms with Crippen molar-refractivity contribution in [1.29, 1.82) is 0 Å². The molecule has 1 aliphatic heterocycles. The van der Waals surface area contributed by atoms with Crippen LogP contribution in [0.3, 0.4) is 0 Å². The van der Waals surface area contributed by atoms with E-state index in [-0.39, 0.29) is 11.5 Å². The third-order valence-electron chi connectivity index (χ3n) is 6.06. The molecule has 2 aromatic heterocycles. The molecule has 0 fully saturated rings. The summed E-state index contributed by atoms with van der Waals surface area (Å²) in [7, 11) is 0. The van der Waals surface area contributed by atoms with Crippen molar-refractivity contribution in [2.75, 3.05) is 4.90 Å². The van der Waals surface area contributed by atoms with E-state index in [9.17, 15) is 15.0 Å². The molecule has 1 aliphatic rings. The number of nitrogens with zero attached hydrogens (tertiary/aromatic N) is 2. The molecule has 162 valence electrons. The second-order valence-corrected chi connectivity index (χ2v) is 8.76. The van der Waals surface area contributed by atoms with Crippen molar-refractivity contribution in [3.05, 3.63) is 94.5 Å². The summed E-state index contributed by atoms with van der Waals surface area (Å²) in [6.07, 6.45) is 3.41. The Morgan fingerprint density at radius 1 is 0.970 bits per heavy atom. The van der Waals surface area contributed by atoms with Gasteiger partial charge in [0, 0.05) is 33.9 Å². The van der Waals surface area contributed by atoms with Crippen molar-refractivity contribution in [2.45, 2.75) is 6.04 Å². The summed E-state index contributed by atoms with van der Waals surface area (Å²) in [6, 6.07) is 17.7. The predicted molar refractivity (Wildman–Crippen MR) is 130 cm³/mol. The Kier molecular flexibility index (Phi) is 4.31. The number of aliphatic hydroxyl groups is 1. The zero-order valence-electron chi connectivity index (χ0n) is 17.1. The predicted octanol–water partition coefficient (Wildman–Crippen LogP) is 5.57. The number of hydrogen-bond acceptors (Lipinski definition) is 4. The van der Waals surface area contributed by atoms with Crippen LogP contribution in [0.1, 0.15) is 17.2 Å². The number of phenols is 1. The molecule has 8 heteroatoms. The fourth-order valence-corrected chi connectivity index (χ4v) is 4.92. The van der Waals surface area contributed by atoms with Crippen molar-refractivity contribution in [2.24, 2.45) is 0 Å². The molecule has 1 amide bonds. The van der Waals surface area contributed by atoms with Gasteiger partial charge in [0.25, 0.3) is 5.91 Å². The van der Waals surface area contributed by atoms with Crippen LogP contribution in [0.4, 0.5) is 5.69 Å². The summed E-state index contributed by atoms with van der Waals surface area (Å²) in [5.41, 5.74) is 5.07. The van der Waals surface area contributed by atoms with Crippen molar-refractivity contribution in [3.63, 3.8) is 0 Å². The summed E-state index contributed by atoms with van der Waals surface area (Å²) in [4.78, 5) is 25.6. The van der Waals surface area contributed by atoms with Gasteiger partial charge in [-0.15, -0.1) is 0 Å². The summed E-state index contributed by atoms with van der Waals surface area (Å²) in [6.45, 7) is 0. The van der Waals surface area contributed by atoms with Gasteiger partial charge < -0.3 is 20.2 Å². The molecule has 3 heterocycles. The molecule has 4 N–H and O–H groups in total.